The fourth-order valence-electron chi connectivity index (χ4n) is 2.39. The van der Waals surface area contributed by atoms with Crippen LogP contribution in [0.1, 0.15) is 29.2 Å². The van der Waals surface area contributed by atoms with Crippen molar-refractivity contribution in [3.05, 3.63) is 69.7 Å². The number of aryl methyl sites for hydroxylation is 1. The molecular weight excluding hydrogens is 386 g/mol. The van der Waals surface area contributed by atoms with Crippen molar-refractivity contribution in [1.82, 2.24) is 5.32 Å². The highest BCUT2D eigenvalue weighted by Gasteiger charge is 2.20. The van der Waals surface area contributed by atoms with E-state index in [0.29, 0.717) is 5.56 Å². The molecule has 25 heavy (non-hydrogen) atoms. The highest BCUT2D eigenvalue weighted by atomic mass is 79.9. The quantitative estimate of drug-likeness (QED) is 0.656. The molecule has 0 spiro atoms. The Bertz CT molecular complexity index is 693. The molecule has 0 heterocycles. The average molecular weight is 408 g/mol. The van der Waals surface area contributed by atoms with Crippen molar-refractivity contribution in [2.24, 2.45) is 0 Å². The van der Waals surface area contributed by atoms with Gasteiger partial charge in [-0.25, -0.2) is 4.79 Å². The van der Waals surface area contributed by atoms with Crippen molar-refractivity contribution in [1.29, 1.82) is 0 Å². The van der Waals surface area contributed by atoms with Crippen LogP contribution in [0.5, 0.6) is 0 Å². The molecule has 3 N–H and O–H groups in total. The summed E-state index contributed by atoms with van der Waals surface area (Å²) in [6.45, 7) is 2.27. The minimum atomic E-state index is -1.01. The van der Waals surface area contributed by atoms with E-state index in [4.69, 9.17) is 4.74 Å². The van der Waals surface area contributed by atoms with Gasteiger partial charge in [-0.2, -0.15) is 0 Å². The summed E-state index contributed by atoms with van der Waals surface area (Å²) in [6.07, 6.45) is -2.33. The SMILES string of the molecule is Cc1ccc(Br)cc1C(O)C(O)CCNC(=O)OCc1ccccc1. The number of hydrogen-bond donors (Lipinski definition) is 3. The molecule has 2 atom stereocenters. The molecule has 0 aliphatic heterocycles. The molecule has 6 heteroatoms. The molecular formula is C19H22BrNO4. The lowest BCUT2D eigenvalue weighted by Gasteiger charge is -2.20. The fraction of sp³-hybridized carbons (Fsp3) is 0.316. The first-order valence-corrected chi connectivity index (χ1v) is 8.83. The third-order valence-electron chi connectivity index (χ3n) is 3.85. The van der Waals surface area contributed by atoms with Crippen molar-refractivity contribution in [2.45, 2.75) is 32.2 Å². The third kappa shape index (κ3) is 6.16. The number of carbonyl (C=O) groups is 1. The molecule has 2 unspecified atom stereocenters. The largest absolute Gasteiger partial charge is 0.445 e. The topological polar surface area (TPSA) is 78.8 Å². The molecule has 1 amide bonds. The first kappa shape index (κ1) is 19.4. The van der Waals surface area contributed by atoms with Gasteiger partial charge in [0.25, 0.3) is 0 Å². The van der Waals surface area contributed by atoms with Crippen molar-refractivity contribution in [3.63, 3.8) is 0 Å². The smallest absolute Gasteiger partial charge is 0.407 e. The highest BCUT2D eigenvalue weighted by Crippen LogP contribution is 2.25. The number of amides is 1. The van der Waals surface area contributed by atoms with E-state index in [1.54, 1.807) is 6.07 Å². The van der Waals surface area contributed by atoms with Crippen molar-refractivity contribution in [3.8, 4) is 0 Å². The van der Waals surface area contributed by atoms with Gasteiger partial charge in [-0.3, -0.25) is 0 Å². The minimum Gasteiger partial charge on any atom is -0.445 e. The van der Waals surface area contributed by atoms with E-state index in [0.717, 1.165) is 15.6 Å². The first-order chi connectivity index (χ1) is 12.0. The summed E-state index contributed by atoms with van der Waals surface area (Å²) in [5, 5.41) is 23.0. The predicted octanol–water partition coefficient (Wildman–Crippen LogP) is 3.47. The summed E-state index contributed by atoms with van der Waals surface area (Å²) in [6, 6.07) is 14.9. The molecule has 0 aliphatic rings. The normalized spacial score (nSPS) is 13.1. The van der Waals surface area contributed by atoms with Gasteiger partial charge >= 0.3 is 6.09 Å². The standard InChI is InChI=1S/C19H22BrNO4/c1-13-7-8-15(20)11-16(13)18(23)17(22)9-10-21-19(24)25-12-14-5-3-2-4-6-14/h2-8,11,17-18,22-23H,9-10,12H2,1H3,(H,21,24). The third-order valence-corrected chi connectivity index (χ3v) is 4.34. The molecule has 0 saturated carbocycles. The lowest BCUT2D eigenvalue weighted by Crippen LogP contribution is -2.30. The first-order valence-electron chi connectivity index (χ1n) is 8.04. The van der Waals surface area contributed by atoms with Gasteiger partial charge in [0.2, 0.25) is 0 Å². The predicted molar refractivity (Wildman–Crippen MR) is 99.1 cm³/mol. The van der Waals surface area contributed by atoms with Crippen LogP contribution in [-0.4, -0.2) is 29.0 Å². The second kappa shape index (κ2) is 9.56. The zero-order valence-corrected chi connectivity index (χ0v) is 15.6. The monoisotopic (exact) mass is 407 g/mol. The molecule has 2 aromatic carbocycles. The Balaban J connectivity index is 1.75. The Morgan fingerprint density at radius 3 is 2.64 bits per heavy atom. The second-order valence-electron chi connectivity index (χ2n) is 5.79. The summed E-state index contributed by atoms with van der Waals surface area (Å²) in [5.41, 5.74) is 2.46. The van der Waals surface area contributed by atoms with Gasteiger partial charge in [0.1, 0.15) is 12.7 Å². The molecule has 2 rings (SSSR count). The van der Waals surface area contributed by atoms with E-state index in [9.17, 15) is 15.0 Å². The number of aliphatic hydroxyl groups is 2. The van der Waals surface area contributed by atoms with Gasteiger partial charge in [-0.15, -0.1) is 0 Å². The van der Waals surface area contributed by atoms with Crippen LogP contribution in [0.15, 0.2) is 53.0 Å². The lowest BCUT2D eigenvalue weighted by molar-refractivity contribution is 0.0132. The van der Waals surface area contributed by atoms with Gasteiger partial charge in [0, 0.05) is 11.0 Å². The molecule has 5 nitrogen and oxygen atoms in total. The molecule has 0 fully saturated rings. The second-order valence-corrected chi connectivity index (χ2v) is 6.71. The number of aliphatic hydroxyl groups excluding tert-OH is 2. The van der Waals surface area contributed by atoms with Crippen LogP contribution in [0, 0.1) is 6.92 Å². The maximum absolute atomic E-state index is 11.7. The maximum Gasteiger partial charge on any atom is 0.407 e. The summed E-state index contributed by atoms with van der Waals surface area (Å²) in [4.78, 5) is 11.7. The number of halogens is 1. The highest BCUT2D eigenvalue weighted by molar-refractivity contribution is 9.10. The van der Waals surface area contributed by atoms with E-state index < -0.39 is 18.3 Å². The Labute approximate surface area is 155 Å². The van der Waals surface area contributed by atoms with E-state index in [-0.39, 0.29) is 19.6 Å². The number of benzene rings is 2. The van der Waals surface area contributed by atoms with Gasteiger partial charge in [0.05, 0.1) is 6.10 Å². The molecule has 0 aromatic heterocycles. The van der Waals surface area contributed by atoms with Crippen molar-refractivity contribution < 1.29 is 19.7 Å². The van der Waals surface area contributed by atoms with Crippen molar-refractivity contribution in [2.75, 3.05) is 6.54 Å². The number of carbonyl (C=O) groups excluding carboxylic acids is 1. The Kier molecular flexibility index (Phi) is 7.43. The molecule has 134 valence electrons. The Hall–Kier alpha value is -1.89. The van der Waals surface area contributed by atoms with Gasteiger partial charge < -0.3 is 20.3 Å². The van der Waals surface area contributed by atoms with Gasteiger partial charge in [-0.1, -0.05) is 52.3 Å². The average Bonchev–Trinajstić information content (AvgIpc) is 2.62. The Morgan fingerprint density at radius 1 is 1.20 bits per heavy atom. The van der Waals surface area contributed by atoms with Crippen LogP contribution in [0.25, 0.3) is 0 Å². The molecule has 2 aromatic rings. The van der Waals surface area contributed by atoms with E-state index in [1.807, 2.05) is 49.4 Å². The fourth-order valence-corrected chi connectivity index (χ4v) is 2.77. The van der Waals surface area contributed by atoms with E-state index in [2.05, 4.69) is 21.2 Å². The summed E-state index contributed by atoms with van der Waals surface area (Å²) >= 11 is 3.36. The van der Waals surface area contributed by atoms with E-state index in [1.165, 1.54) is 0 Å². The maximum atomic E-state index is 11.7. The number of nitrogens with one attached hydrogen (secondary N) is 1. The Morgan fingerprint density at radius 2 is 1.92 bits per heavy atom. The summed E-state index contributed by atoms with van der Waals surface area (Å²) < 4.78 is 5.92. The zero-order chi connectivity index (χ0) is 18.2. The van der Waals surface area contributed by atoms with Crippen LogP contribution in [0.2, 0.25) is 0 Å². The number of hydrogen-bond acceptors (Lipinski definition) is 4. The molecule has 0 radical (unpaired) electrons. The van der Waals surface area contributed by atoms with Gasteiger partial charge in [0.15, 0.2) is 0 Å². The van der Waals surface area contributed by atoms with Crippen LogP contribution in [0.3, 0.4) is 0 Å². The summed E-state index contributed by atoms with van der Waals surface area (Å²) in [7, 11) is 0. The molecule has 0 aliphatic carbocycles. The van der Waals surface area contributed by atoms with Crippen LogP contribution >= 0.6 is 15.9 Å². The van der Waals surface area contributed by atoms with Crippen LogP contribution < -0.4 is 5.32 Å². The number of rotatable bonds is 7. The summed E-state index contributed by atoms with van der Waals surface area (Å²) in [5.74, 6) is 0. The lowest BCUT2D eigenvalue weighted by atomic mass is 9.98. The number of ether oxygens (including phenoxy) is 1. The molecule has 0 bridgehead atoms. The van der Waals surface area contributed by atoms with E-state index >= 15 is 0 Å². The minimum absolute atomic E-state index is 0.190. The molecule has 0 saturated heterocycles. The van der Waals surface area contributed by atoms with Crippen molar-refractivity contribution >= 4 is 22.0 Å². The van der Waals surface area contributed by atoms with Crippen LogP contribution in [-0.2, 0) is 11.3 Å². The van der Waals surface area contributed by atoms with Crippen LogP contribution in [0.4, 0.5) is 4.79 Å². The number of alkyl carbamates (subject to hydrolysis) is 1. The zero-order valence-electron chi connectivity index (χ0n) is 14.0. The van der Waals surface area contributed by atoms with Gasteiger partial charge in [-0.05, 0) is 42.2 Å².